The molecule has 10 heteroatoms. The maximum Gasteiger partial charge on any atom is 0.287 e. The van der Waals surface area contributed by atoms with E-state index in [-0.39, 0.29) is 30.1 Å². The number of pyridine rings is 1. The Hall–Kier alpha value is -4.39. The first-order valence-electron chi connectivity index (χ1n) is 10.6. The molecular formula is C24H18F2N6O2. The Bertz CT molecular complexity index is 1400. The number of rotatable bonds is 4. The van der Waals surface area contributed by atoms with Crippen molar-refractivity contribution in [1.29, 1.82) is 5.26 Å². The first-order chi connectivity index (χ1) is 16.5. The lowest BCUT2D eigenvalue weighted by atomic mass is 10.0. The predicted octanol–water partition coefficient (Wildman–Crippen LogP) is 3.62. The number of likely N-dealkylation sites (tertiary alicyclic amines) is 1. The monoisotopic (exact) mass is 460 g/mol. The van der Waals surface area contributed by atoms with Crippen molar-refractivity contribution in [1.82, 2.24) is 24.9 Å². The van der Waals surface area contributed by atoms with Crippen LogP contribution in [-0.2, 0) is 0 Å². The van der Waals surface area contributed by atoms with Crippen molar-refractivity contribution in [2.24, 2.45) is 0 Å². The molecule has 34 heavy (non-hydrogen) atoms. The van der Waals surface area contributed by atoms with Crippen molar-refractivity contribution in [2.75, 3.05) is 13.1 Å². The van der Waals surface area contributed by atoms with Crippen LogP contribution in [0.4, 0.5) is 8.78 Å². The van der Waals surface area contributed by atoms with Gasteiger partial charge in [0.25, 0.3) is 11.8 Å². The Morgan fingerprint density at radius 3 is 2.65 bits per heavy atom. The summed E-state index contributed by atoms with van der Waals surface area (Å²) in [5, 5.41) is 18.3. The highest BCUT2D eigenvalue weighted by molar-refractivity contribution is 5.97. The van der Waals surface area contributed by atoms with Crippen LogP contribution in [0, 0.1) is 11.3 Å². The van der Waals surface area contributed by atoms with E-state index in [1.807, 2.05) is 6.07 Å². The minimum absolute atomic E-state index is 0.0491. The van der Waals surface area contributed by atoms with Gasteiger partial charge in [-0.1, -0.05) is 30.3 Å². The lowest BCUT2D eigenvalue weighted by Crippen LogP contribution is -2.55. The molecule has 2 aromatic carbocycles. The van der Waals surface area contributed by atoms with E-state index in [0.29, 0.717) is 16.6 Å². The number of para-hydroxylation sites is 2. The summed E-state index contributed by atoms with van der Waals surface area (Å²) in [7, 11) is 0. The number of amides is 1. The molecule has 1 unspecified atom stereocenters. The van der Waals surface area contributed by atoms with Gasteiger partial charge in [0.15, 0.2) is 6.10 Å². The van der Waals surface area contributed by atoms with E-state index in [9.17, 15) is 18.8 Å². The normalized spacial score (nSPS) is 17.3. The number of hydrogen-bond acceptors (Lipinski definition) is 6. The molecule has 5 rings (SSSR count). The minimum atomic E-state index is -3.21. The maximum absolute atomic E-state index is 14.8. The fraction of sp³-hybridized carbons (Fsp3) is 0.208. The number of nitrogens with zero attached hydrogens (tertiary/aromatic N) is 6. The van der Waals surface area contributed by atoms with Crippen LogP contribution in [0.5, 0.6) is 5.88 Å². The van der Waals surface area contributed by atoms with Crippen LogP contribution in [0.15, 0.2) is 67.0 Å². The van der Waals surface area contributed by atoms with E-state index in [4.69, 9.17) is 4.74 Å². The molecule has 0 N–H and O–H groups in total. The zero-order valence-electron chi connectivity index (χ0n) is 17.8. The van der Waals surface area contributed by atoms with Gasteiger partial charge in [-0.05, 0) is 24.3 Å². The number of carbonyl (C=O) groups is 1. The molecule has 8 nitrogen and oxygen atoms in total. The second-order valence-corrected chi connectivity index (χ2v) is 7.85. The van der Waals surface area contributed by atoms with Gasteiger partial charge in [-0.25, -0.2) is 13.8 Å². The van der Waals surface area contributed by atoms with Crippen molar-refractivity contribution in [3.8, 4) is 17.6 Å². The molecule has 1 aliphatic heterocycles. The van der Waals surface area contributed by atoms with Gasteiger partial charge in [0, 0.05) is 18.4 Å². The van der Waals surface area contributed by atoms with Crippen molar-refractivity contribution < 1.29 is 18.3 Å². The molecule has 0 radical (unpaired) electrons. The minimum Gasteiger partial charge on any atom is -0.465 e. The summed E-state index contributed by atoms with van der Waals surface area (Å²) in [5.74, 6) is -3.83. The second kappa shape index (κ2) is 8.51. The van der Waals surface area contributed by atoms with E-state index < -0.39 is 24.4 Å². The highest BCUT2D eigenvalue weighted by Crippen LogP contribution is 2.34. The number of benzene rings is 2. The van der Waals surface area contributed by atoms with Crippen LogP contribution in [-0.4, -0.2) is 55.9 Å². The zero-order chi connectivity index (χ0) is 23.7. The number of fused-ring (bicyclic) bond motifs is 1. The van der Waals surface area contributed by atoms with Gasteiger partial charge in [0.05, 0.1) is 35.7 Å². The lowest BCUT2D eigenvalue weighted by molar-refractivity contribution is -0.131. The average molecular weight is 460 g/mol. The van der Waals surface area contributed by atoms with Crippen LogP contribution in [0.2, 0.25) is 0 Å². The van der Waals surface area contributed by atoms with E-state index in [1.54, 1.807) is 54.6 Å². The quantitative estimate of drug-likeness (QED) is 0.462. The van der Waals surface area contributed by atoms with Crippen LogP contribution >= 0.6 is 0 Å². The summed E-state index contributed by atoms with van der Waals surface area (Å²) in [6.45, 7) is -0.519. The summed E-state index contributed by atoms with van der Waals surface area (Å²) >= 11 is 0. The fourth-order valence-electron chi connectivity index (χ4n) is 3.92. The van der Waals surface area contributed by atoms with E-state index in [0.717, 1.165) is 0 Å². The molecule has 3 heterocycles. The molecule has 0 spiro atoms. The number of halogens is 2. The molecule has 170 valence electrons. The highest BCUT2D eigenvalue weighted by atomic mass is 19.3. The molecular weight excluding hydrogens is 442 g/mol. The van der Waals surface area contributed by atoms with Crippen molar-refractivity contribution in [2.45, 2.75) is 18.4 Å². The predicted molar refractivity (Wildman–Crippen MR) is 118 cm³/mol. The van der Waals surface area contributed by atoms with E-state index >= 15 is 0 Å². The van der Waals surface area contributed by atoms with Gasteiger partial charge in [-0.2, -0.15) is 20.3 Å². The molecule has 2 aromatic heterocycles. The van der Waals surface area contributed by atoms with Crippen molar-refractivity contribution in [3.05, 3.63) is 78.1 Å². The molecule has 1 atom stereocenters. The summed E-state index contributed by atoms with van der Waals surface area (Å²) < 4.78 is 35.3. The molecule has 0 saturated carbocycles. The van der Waals surface area contributed by atoms with Gasteiger partial charge < -0.3 is 9.64 Å². The molecule has 0 bridgehead atoms. The highest BCUT2D eigenvalue weighted by Gasteiger charge is 2.47. The Morgan fingerprint density at radius 2 is 1.85 bits per heavy atom. The first kappa shape index (κ1) is 21.5. The largest absolute Gasteiger partial charge is 0.465 e. The van der Waals surface area contributed by atoms with Crippen molar-refractivity contribution in [3.63, 3.8) is 0 Å². The van der Waals surface area contributed by atoms with Crippen LogP contribution < -0.4 is 4.74 Å². The standard InChI is InChI=1S/C24H18F2N6O2/c25-24(26)9-12-31(23(33)18-6-2-4-8-20(18)32-28-10-11-29-32)15-21(24)34-22-17(14-27)13-16-5-1-3-7-19(16)30-22/h1-8,10-11,13,21H,9,12,15H2. The topological polar surface area (TPSA) is 96.9 Å². The first-order valence-corrected chi connectivity index (χ1v) is 10.6. The Morgan fingerprint density at radius 1 is 1.12 bits per heavy atom. The zero-order valence-corrected chi connectivity index (χ0v) is 17.8. The number of ether oxygens (including phenoxy) is 1. The summed E-state index contributed by atoms with van der Waals surface area (Å²) in [6.07, 6.45) is 0.716. The fourth-order valence-corrected chi connectivity index (χ4v) is 3.92. The molecule has 1 saturated heterocycles. The number of aromatic nitrogens is 4. The lowest BCUT2D eigenvalue weighted by Gasteiger charge is -2.38. The van der Waals surface area contributed by atoms with Gasteiger partial charge in [-0.3, -0.25) is 4.79 Å². The van der Waals surface area contributed by atoms with Crippen LogP contribution in [0.25, 0.3) is 16.6 Å². The Kier molecular flexibility index (Phi) is 5.37. The molecule has 0 aliphatic carbocycles. The third-order valence-electron chi connectivity index (χ3n) is 5.69. The number of hydrogen-bond donors (Lipinski definition) is 0. The third kappa shape index (κ3) is 3.92. The van der Waals surface area contributed by atoms with Gasteiger partial charge >= 0.3 is 0 Å². The van der Waals surface area contributed by atoms with Crippen LogP contribution in [0.3, 0.4) is 0 Å². The summed E-state index contributed by atoms with van der Waals surface area (Å²) in [5.41, 5.74) is 1.29. The molecule has 1 fully saturated rings. The SMILES string of the molecule is N#Cc1cc2ccccc2nc1OC1CN(C(=O)c2ccccc2-n2nccn2)CCC1(F)F. The summed E-state index contributed by atoms with van der Waals surface area (Å²) in [6, 6.07) is 17.2. The molecule has 1 aliphatic rings. The van der Waals surface area contributed by atoms with E-state index in [2.05, 4.69) is 15.2 Å². The Labute approximate surface area is 193 Å². The number of nitriles is 1. The Balaban J connectivity index is 1.44. The van der Waals surface area contributed by atoms with Gasteiger partial charge in [0.2, 0.25) is 5.88 Å². The number of carbonyl (C=O) groups excluding carboxylic acids is 1. The molecule has 4 aromatic rings. The third-order valence-corrected chi connectivity index (χ3v) is 5.69. The average Bonchev–Trinajstić information content (AvgIpc) is 3.39. The van der Waals surface area contributed by atoms with E-state index in [1.165, 1.54) is 22.1 Å². The maximum atomic E-state index is 14.8. The number of alkyl halides is 2. The van der Waals surface area contributed by atoms with Crippen molar-refractivity contribution >= 4 is 16.8 Å². The van der Waals surface area contributed by atoms with Crippen LogP contribution in [0.1, 0.15) is 22.3 Å². The van der Waals surface area contributed by atoms with Gasteiger partial charge in [-0.15, -0.1) is 0 Å². The second-order valence-electron chi connectivity index (χ2n) is 7.85. The number of piperidine rings is 1. The summed E-state index contributed by atoms with van der Waals surface area (Å²) in [4.78, 5) is 20.2. The smallest absolute Gasteiger partial charge is 0.287 e. The molecule has 1 amide bonds. The van der Waals surface area contributed by atoms with Gasteiger partial charge in [0.1, 0.15) is 11.6 Å².